The number of hydrogen-bond acceptors (Lipinski definition) is 5. The van der Waals surface area contributed by atoms with Crippen molar-refractivity contribution in [1.29, 1.82) is 0 Å². The van der Waals surface area contributed by atoms with Crippen molar-refractivity contribution in [2.45, 2.75) is 13.5 Å². The molecule has 0 spiro atoms. The van der Waals surface area contributed by atoms with Crippen LogP contribution in [0.4, 0.5) is 5.69 Å². The maximum absolute atomic E-state index is 12.2. The van der Waals surface area contributed by atoms with Crippen LogP contribution < -0.4 is 16.4 Å². The number of nitrogens with one attached hydrogen (secondary N) is 1. The van der Waals surface area contributed by atoms with Gasteiger partial charge in [0.15, 0.2) is 0 Å². The highest BCUT2D eigenvalue weighted by Gasteiger charge is 2.12. The first-order valence-corrected chi connectivity index (χ1v) is 7.74. The zero-order valence-corrected chi connectivity index (χ0v) is 13.4. The second-order valence-corrected chi connectivity index (χ2v) is 6.05. The Bertz CT molecular complexity index is 1020. The van der Waals surface area contributed by atoms with Gasteiger partial charge in [-0.05, 0) is 30.0 Å². The van der Waals surface area contributed by atoms with Crippen molar-refractivity contribution < 1.29 is 4.79 Å². The predicted molar refractivity (Wildman–Crippen MR) is 88.9 cm³/mol. The molecule has 1 N–H and O–H groups in total. The fourth-order valence-electron chi connectivity index (χ4n) is 2.21. The maximum atomic E-state index is 12.2. The Morgan fingerprint density at radius 1 is 1.30 bits per heavy atom. The molecule has 7 nitrogen and oxygen atoms in total. The third-order valence-electron chi connectivity index (χ3n) is 3.51. The van der Waals surface area contributed by atoms with E-state index in [1.165, 1.54) is 26.8 Å². The van der Waals surface area contributed by atoms with Crippen molar-refractivity contribution in [2.75, 3.05) is 5.32 Å². The minimum absolute atomic E-state index is 0.199. The molecule has 0 aliphatic heterocycles. The third-order valence-corrected chi connectivity index (χ3v) is 4.33. The van der Waals surface area contributed by atoms with E-state index in [0.29, 0.717) is 15.8 Å². The highest BCUT2D eigenvalue weighted by atomic mass is 32.1. The molecular weight excluding hydrogens is 316 g/mol. The molecule has 23 heavy (non-hydrogen) atoms. The maximum Gasteiger partial charge on any atom is 0.274 e. The van der Waals surface area contributed by atoms with E-state index < -0.39 is 5.91 Å². The molecule has 3 aromatic heterocycles. The number of aromatic nitrogens is 3. The first-order chi connectivity index (χ1) is 11.0. The van der Waals surface area contributed by atoms with Crippen molar-refractivity contribution in [3.8, 4) is 0 Å². The molecule has 0 saturated carbocycles. The molecule has 3 heterocycles. The van der Waals surface area contributed by atoms with Crippen LogP contribution in [0, 0.1) is 6.92 Å². The third kappa shape index (κ3) is 2.80. The number of aryl methyl sites for hydroxylation is 2. The molecule has 0 fully saturated rings. The zero-order valence-electron chi connectivity index (χ0n) is 12.6. The van der Waals surface area contributed by atoms with Gasteiger partial charge in [0, 0.05) is 13.2 Å². The van der Waals surface area contributed by atoms with Gasteiger partial charge in [-0.1, -0.05) is 0 Å². The highest BCUT2D eigenvalue weighted by molar-refractivity contribution is 7.16. The smallest absolute Gasteiger partial charge is 0.274 e. The van der Waals surface area contributed by atoms with Crippen LogP contribution in [-0.2, 0) is 18.4 Å². The largest absolute Gasteiger partial charge is 0.320 e. The first-order valence-electron chi connectivity index (χ1n) is 6.86. The van der Waals surface area contributed by atoms with Crippen molar-refractivity contribution in [3.05, 3.63) is 56.3 Å². The average Bonchev–Trinajstić information content (AvgIpc) is 3.00. The molecule has 0 unspecified atom stereocenters. The summed E-state index contributed by atoms with van der Waals surface area (Å²) in [5.41, 5.74) is 0.319. The van der Waals surface area contributed by atoms with Crippen LogP contribution in [0.25, 0.3) is 10.2 Å². The monoisotopic (exact) mass is 330 g/mol. The van der Waals surface area contributed by atoms with Crippen LogP contribution in [0.1, 0.15) is 5.56 Å². The molecule has 0 bridgehead atoms. The van der Waals surface area contributed by atoms with Crippen LogP contribution in [0.3, 0.4) is 0 Å². The molecule has 0 aliphatic carbocycles. The summed E-state index contributed by atoms with van der Waals surface area (Å²) >= 11 is 1.37. The lowest BCUT2D eigenvalue weighted by Crippen LogP contribution is -2.30. The fourth-order valence-corrected chi connectivity index (χ4v) is 2.93. The lowest BCUT2D eigenvalue weighted by molar-refractivity contribution is -0.116. The van der Waals surface area contributed by atoms with Gasteiger partial charge in [0.05, 0.1) is 11.7 Å². The summed E-state index contributed by atoms with van der Waals surface area (Å²) < 4.78 is 2.61. The molecule has 0 aliphatic rings. The fraction of sp³-hybridized carbons (Fsp3) is 0.200. The van der Waals surface area contributed by atoms with Crippen molar-refractivity contribution >= 4 is 33.1 Å². The standard InChI is InChI=1S/C15H14N4O3S/c1-9-3-5-18(2)15(22)12(9)17-11(20)7-19-8-16-13-10(14(19)21)4-6-23-13/h3-6,8H,7H2,1-2H3,(H,17,20). The van der Waals surface area contributed by atoms with Crippen LogP contribution >= 0.6 is 11.3 Å². The van der Waals surface area contributed by atoms with E-state index >= 15 is 0 Å². The number of thiophene rings is 1. The molecule has 0 atom stereocenters. The topological polar surface area (TPSA) is 86.0 Å². The average molecular weight is 330 g/mol. The molecule has 8 heteroatoms. The van der Waals surface area contributed by atoms with Gasteiger partial charge in [-0.2, -0.15) is 0 Å². The van der Waals surface area contributed by atoms with Crippen molar-refractivity contribution in [2.24, 2.45) is 7.05 Å². The van der Waals surface area contributed by atoms with Gasteiger partial charge < -0.3 is 9.88 Å². The quantitative estimate of drug-likeness (QED) is 0.779. The first kappa shape index (κ1) is 15.2. The van der Waals surface area contributed by atoms with Crippen molar-refractivity contribution in [1.82, 2.24) is 14.1 Å². The van der Waals surface area contributed by atoms with Gasteiger partial charge in [-0.25, -0.2) is 4.98 Å². The highest BCUT2D eigenvalue weighted by Crippen LogP contribution is 2.13. The summed E-state index contributed by atoms with van der Waals surface area (Å²) in [6, 6.07) is 3.42. The van der Waals surface area contributed by atoms with E-state index in [1.54, 1.807) is 37.7 Å². The summed E-state index contributed by atoms with van der Waals surface area (Å²) in [7, 11) is 1.61. The summed E-state index contributed by atoms with van der Waals surface area (Å²) in [5, 5.41) is 4.84. The molecule has 3 rings (SSSR count). The molecule has 3 aromatic rings. The van der Waals surface area contributed by atoms with E-state index in [0.717, 1.165) is 0 Å². The van der Waals surface area contributed by atoms with Gasteiger partial charge in [0.1, 0.15) is 17.1 Å². The Balaban J connectivity index is 1.87. The van der Waals surface area contributed by atoms with Crippen LogP contribution in [-0.4, -0.2) is 20.0 Å². The second kappa shape index (κ2) is 5.81. The zero-order chi connectivity index (χ0) is 16.6. The number of anilines is 1. The van der Waals surface area contributed by atoms with Gasteiger partial charge in [-0.15, -0.1) is 11.3 Å². The van der Waals surface area contributed by atoms with E-state index in [1.807, 2.05) is 0 Å². The number of carbonyl (C=O) groups is 1. The van der Waals surface area contributed by atoms with Crippen LogP contribution in [0.2, 0.25) is 0 Å². The Hall–Kier alpha value is -2.74. The van der Waals surface area contributed by atoms with Crippen molar-refractivity contribution in [3.63, 3.8) is 0 Å². The van der Waals surface area contributed by atoms with Gasteiger partial charge in [0.25, 0.3) is 11.1 Å². The molecule has 0 aromatic carbocycles. The number of nitrogens with zero attached hydrogens (tertiary/aromatic N) is 3. The minimum atomic E-state index is -0.449. The molecule has 118 valence electrons. The van der Waals surface area contributed by atoms with E-state index in [9.17, 15) is 14.4 Å². The second-order valence-electron chi connectivity index (χ2n) is 5.16. The van der Waals surface area contributed by atoms with Gasteiger partial charge in [0.2, 0.25) is 5.91 Å². The number of amides is 1. The summed E-state index contributed by atoms with van der Waals surface area (Å²) in [6.07, 6.45) is 2.98. The van der Waals surface area contributed by atoms with Gasteiger partial charge >= 0.3 is 0 Å². The number of rotatable bonds is 3. The minimum Gasteiger partial charge on any atom is -0.320 e. The lowest BCUT2D eigenvalue weighted by atomic mass is 10.2. The molecular formula is C15H14N4O3S. The Labute approximate surface area is 134 Å². The molecule has 1 amide bonds. The van der Waals surface area contributed by atoms with E-state index in [-0.39, 0.29) is 23.4 Å². The summed E-state index contributed by atoms with van der Waals surface area (Å²) in [4.78, 5) is 41.3. The number of hydrogen-bond donors (Lipinski definition) is 1. The van der Waals surface area contributed by atoms with E-state index in [2.05, 4.69) is 10.3 Å². The SMILES string of the molecule is Cc1ccn(C)c(=O)c1NC(=O)Cn1cnc2sccc2c1=O. The van der Waals surface area contributed by atoms with Gasteiger partial charge in [-0.3, -0.25) is 19.0 Å². The normalized spacial score (nSPS) is 10.9. The Morgan fingerprint density at radius 2 is 2.09 bits per heavy atom. The number of fused-ring (bicyclic) bond motifs is 1. The molecule has 0 saturated heterocycles. The predicted octanol–water partition coefficient (Wildman–Crippen LogP) is 1.10. The lowest BCUT2D eigenvalue weighted by Gasteiger charge is -2.10. The summed E-state index contributed by atoms with van der Waals surface area (Å²) in [6.45, 7) is 1.54. The number of pyridine rings is 1. The number of carbonyl (C=O) groups excluding carboxylic acids is 1. The van der Waals surface area contributed by atoms with E-state index in [4.69, 9.17) is 0 Å². The Kier molecular flexibility index (Phi) is 3.83. The Morgan fingerprint density at radius 3 is 2.87 bits per heavy atom. The molecule has 0 radical (unpaired) electrons. The van der Waals surface area contributed by atoms with Crippen LogP contribution in [0.15, 0.2) is 39.6 Å². The van der Waals surface area contributed by atoms with Crippen LogP contribution in [0.5, 0.6) is 0 Å². The summed E-state index contributed by atoms with van der Waals surface area (Å²) in [5.74, 6) is -0.449.